The SMILES string of the molecule is Cc1cc(-c2ccc(C(=O)N3CCC(C#N)C3)cc2)cc(C)c1Oc1nc(Nc2ccc(C#N)cc2)nc2ccn(C)c12.Cc1cc(-c2ccc(C(=O)NC3CC3)cc2)cc(C)c1Oc1nc(Nc2ccc(C#N)cc2)nc2ccn(C)c12.Cc1cc(-c2ccc(C(N)=O)cc2)cc(C)c1Oc1nc(Nc2ccc(C#N)cc2)nc2ncn(C)c12. The van der Waals surface area contributed by atoms with Gasteiger partial charge in [-0.1, -0.05) is 36.4 Å². The molecule has 15 aromatic rings. The predicted molar refractivity (Wildman–Crippen MR) is 460 cm³/mol. The Morgan fingerprint density at radius 1 is 0.425 bits per heavy atom. The lowest BCUT2D eigenvalue weighted by atomic mass is 9.98. The first-order valence-corrected chi connectivity index (χ1v) is 38.7. The van der Waals surface area contributed by atoms with Crippen molar-refractivity contribution in [2.24, 2.45) is 32.8 Å². The summed E-state index contributed by atoms with van der Waals surface area (Å²) in [6, 6.07) is 68.8. The van der Waals surface area contributed by atoms with Gasteiger partial charge in [0.1, 0.15) is 28.3 Å². The highest BCUT2D eigenvalue weighted by atomic mass is 16.5. The number of anilines is 6. The zero-order chi connectivity index (χ0) is 84.0. The Balaban J connectivity index is 0.000000141. The average Bonchev–Trinajstić information content (AvgIpc) is 1.59. The molecule has 1 aliphatic heterocycles. The fraction of sp³-hybridized carbons (Fsp3) is 0.170. The largest absolute Gasteiger partial charge is 0.436 e. The Kier molecular flexibility index (Phi) is 22.5. The fourth-order valence-electron chi connectivity index (χ4n) is 14.3. The first-order valence-electron chi connectivity index (χ1n) is 38.7. The Labute approximate surface area is 691 Å². The molecule has 6 aromatic heterocycles. The predicted octanol–water partition coefficient (Wildman–Crippen LogP) is 18.4. The van der Waals surface area contributed by atoms with E-state index in [-0.39, 0.29) is 17.7 Å². The van der Waals surface area contributed by atoms with Crippen LogP contribution in [-0.2, 0) is 21.1 Å². The fourth-order valence-corrected chi connectivity index (χ4v) is 14.3. The summed E-state index contributed by atoms with van der Waals surface area (Å²) in [6.45, 7) is 13.1. The van der Waals surface area contributed by atoms with Gasteiger partial charge in [-0.05, 0) is 285 Å². The molecule has 26 nitrogen and oxygen atoms in total. The third-order valence-corrected chi connectivity index (χ3v) is 20.7. The van der Waals surface area contributed by atoms with Crippen molar-refractivity contribution in [1.29, 1.82) is 21.0 Å². The van der Waals surface area contributed by atoms with Crippen molar-refractivity contribution < 1.29 is 28.6 Å². The van der Waals surface area contributed by atoms with Gasteiger partial charge >= 0.3 is 0 Å². The number of nitrogens with zero attached hydrogens (tertiary/aromatic N) is 15. The summed E-state index contributed by atoms with van der Waals surface area (Å²) in [7, 11) is 5.72. The van der Waals surface area contributed by atoms with Crippen molar-refractivity contribution in [3.8, 4) is 92.5 Å². The van der Waals surface area contributed by atoms with E-state index < -0.39 is 5.91 Å². The smallest absolute Gasteiger partial charge is 0.253 e. The van der Waals surface area contributed by atoms with Crippen LogP contribution >= 0.6 is 0 Å². The number of ether oxygens (including phenoxy) is 3. The van der Waals surface area contributed by atoms with E-state index in [2.05, 4.69) is 94.7 Å². The van der Waals surface area contributed by atoms with E-state index in [4.69, 9.17) is 51.0 Å². The zero-order valence-corrected chi connectivity index (χ0v) is 67.1. The number of carbonyl (C=O) groups is 3. The molecule has 7 heterocycles. The molecule has 2 fully saturated rings. The van der Waals surface area contributed by atoms with Gasteiger partial charge in [0.25, 0.3) is 17.7 Å². The minimum atomic E-state index is -0.456. The molecule has 1 aliphatic carbocycles. The standard InChI is InChI=1S/C34H29N7O2.C32H28N6O2.C28H23N7O2/c1-21-16-27(25-6-8-26(9-7-25)33(42)41-15-12-24(19-36)20-41)17-22(2)31(21)43-32-30-29(13-14-40(30)3)38-34(39-32)37-28-10-4-23(18-35)5-11-28;1-19-16-24(22-6-8-23(9-7-22)30(39)34-25-12-13-25)17-20(2)29(19)40-31-28-27(14-15-38(28)3)36-32(37-31)35-26-10-4-21(18-33)5-11-26;1-16-12-21(19-6-8-20(9-7-19)25(30)36)13-17(2)24(16)37-27-23-26(31-15-35(23)3)33-28(34-27)32-22-10-4-18(14-29)5-11-22/h4-11,13-14,16-17,24H,12,15,20H2,1-3H3,(H,37,38,39);4-11,14-17,25H,12-13H2,1-3H3,(H,34,39)(H,35,36,37);4-13,15H,1-3H3,(H2,30,36)(H,32,33,34). The summed E-state index contributed by atoms with van der Waals surface area (Å²) >= 11 is 0. The van der Waals surface area contributed by atoms with Crippen LogP contribution in [0.3, 0.4) is 0 Å². The second-order valence-corrected chi connectivity index (χ2v) is 29.7. The van der Waals surface area contributed by atoms with Gasteiger partial charge < -0.3 is 59.8 Å². The second-order valence-electron chi connectivity index (χ2n) is 29.7. The van der Waals surface area contributed by atoms with E-state index in [1.807, 2.05) is 198 Å². The van der Waals surface area contributed by atoms with Gasteiger partial charge in [0, 0.05) is 86.4 Å². The number of benzene rings is 9. The molecule has 0 radical (unpaired) electrons. The molecule has 2 aliphatic rings. The number of nitrogens with one attached hydrogen (secondary N) is 4. The summed E-state index contributed by atoms with van der Waals surface area (Å²) in [5.74, 6) is 3.88. The van der Waals surface area contributed by atoms with E-state index in [0.29, 0.717) is 111 Å². The molecule has 17 rings (SSSR count). The number of rotatable bonds is 19. The maximum atomic E-state index is 12.9. The van der Waals surface area contributed by atoms with Gasteiger partial charge in [0.2, 0.25) is 35.5 Å². The first-order chi connectivity index (χ1) is 58.0. The highest BCUT2D eigenvalue weighted by Crippen LogP contribution is 2.41. The van der Waals surface area contributed by atoms with Crippen LogP contribution in [0.4, 0.5) is 34.9 Å². The summed E-state index contributed by atoms with van der Waals surface area (Å²) in [5.41, 5.74) is 27.0. The molecular weight excluding hydrogens is 1510 g/mol. The van der Waals surface area contributed by atoms with Crippen LogP contribution in [0.5, 0.6) is 34.9 Å². The number of carbonyl (C=O) groups excluding carboxylic acids is 3. The molecule has 1 atom stereocenters. The van der Waals surface area contributed by atoms with Crippen LogP contribution in [0.2, 0.25) is 0 Å². The lowest BCUT2D eigenvalue weighted by Crippen LogP contribution is -2.28. The third-order valence-electron chi connectivity index (χ3n) is 20.7. The van der Waals surface area contributed by atoms with Gasteiger partial charge in [0.15, 0.2) is 11.2 Å². The van der Waals surface area contributed by atoms with E-state index >= 15 is 0 Å². The number of primary amides is 1. The zero-order valence-electron chi connectivity index (χ0n) is 67.1. The van der Waals surface area contributed by atoms with Crippen LogP contribution in [0.25, 0.3) is 66.6 Å². The van der Waals surface area contributed by atoms with Crippen molar-refractivity contribution in [2.45, 2.75) is 66.8 Å². The molecule has 3 amide bonds. The summed E-state index contributed by atoms with van der Waals surface area (Å²) in [5, 5.41) is 49.0. The van der Waals surface area contributed by atoms with E-state index in [0.717, 1.165) is 131 Å². The van der Waals surface area contributed by atoms with Gasteiger partial charge in [-0.3, -0.25) is 14.4 Å². The third kappa shape index (κ3) is 17.6. The molecular formula is C94H80N20O6. The molecule has 120 heavy (non-hydrogen) atoms. The number of likely N-dealkylation sites (tertiary alicyclic amines) is 1. The van der Waals surface area contributed by atoms with Gasteiger partial charge in [-0.25, -0.2) is 15.0 Å². The lowest BCUT2D eigenvalue weighted by molar-refractivity contribution is 0.0789. The van der Waals surface area contributed by atoms with Crippen molar-refractivity contribution in [3.05, 3.63) is 280 Å². The molecule has 0 bridgehead atoms. The van der Waals surface area contributed by atoms with E-state index in [1.165, 1.54) is 0 Å². The first kappa shape index (κ1) is 79.2. The maximum Gasteiger partial charge on any atom is 0.253 e. The number of aromatic nitrogens is 10. The van der Waals surface area contributed by atoms with Gasteiger partial charge in [-0.2, -0.15) is 41.0 Å². The highest BCUT2D eigenvalue weighted by molar-refractivity contribution is 5.96. The molecule has 592 valence electrons. The number of fused-ring (bicyclic) bond motifs is 3. The Bertz CT molecular complexity index is 6600. The number of amides is 3. The lowest BCUT2D eigenvalue weighted by Gasteiger charge is -2.17. The van der Waals surface area contributed by atoms with Crippen molar-refractivity contribution in [2.75, 3.05) is 29.0 Å². The Hall–Kier alpha value is -16.1. The monoisotopic (exact) mass is 1580 g/mol. The molecule has 9 aromatic carbocycles. The van der Waals surface area contributed by atoms with Crippen LogP contribution < -0.4 is 41.2 Å². The minimum Gasteiger partial charge on any atom is -0.436 e. The van der Waals surface area contributed by atoms with E-state index in [1.54, 1.807) is 71.9 Å². The number of aryl methyl sites for hydroxylation is 9. The van der Waals surface area contributed by atoms with E-state index in [9.17, 15) is 14.4 Å². The van der Waals surface area contributed by atoms with Crippen LogP contribution in [0.15, 0.2) is 213 Å². The van der Waals surface area contributed by atoms with Crippen molar-refractivity contribution in [1.82, 2.24) is 58.8 Å². The van der Waals surface area contributed by atoms with Crippen molar-refractivity contribution >= 4 is 85.9 Å². The number of hydrogen-bond donors (Lipinski definition) is 5. The molecule has 1 saturated heterocycles. The molecule has 1 saturated carbocycles. The topological polar surface area (TPSA) is 356 Å². The quantitative estimate of drug-likeness (QED) is 0.0502. The maximum absolute atomic E-state index is 12.9. The normalized spacial score (nSPS) is 12.7. The second kappa shape index (κ2) is 34.2. The van der Waals surface area contributed by atoms with Gasteiger partial charge in [0.05, 0.1) is 64.2 Å². The molecule has 6 N–H and O–H groups in total. The number of imidazole rings is 1. The van der Waals surface area contributed by atoms with Crippen LogP contribution in [0.1, 0.15) is 100 Å². The van der Waals surface area contributed by atoms with Gasteiger partial charge in [-0.15, -0.1) is 0 Å². The number of hydrogen-bond acceptors (Lipinski definition) is 20. The Morgan fingerprint density at radius 2 is 0.792 bits per heavy atom. The summed E-state index contributed by atoms with van der Waals surface area (Å²) < 4.78 is 25.1. The molecule has 1 unspecified atom stereocenters. The molecule has 26 heteroatoms. The Morgan fingerprint density at radius 3 is 1.15 bits per heavy atom. The number of nitrogens with two attached hydrogens (primary N) is 1. The average molecular weight is 1590 g/mol. The van der Waals surface area contributed by atoms with Crippen LogP contribution in [-0.4, -0.2) is 90.3 Å². The molecule has 0 spiro atoms. The minimum absolute atomic E-state index is 0.0185. The summed E-state index contributed by atoms with van der Waals surface area (Å²) in [4.78, 5) is 70.7. The summed E-state index contributed by atoms with van der Waals surface area (Å²) in [6.07, 6.45) is 8.37. The van der Waals surface area contributed by atoms with Crippen molar-refractivity contribution in [3.63, 3.8) is 0 Å². The highest BCUT2D eigenvalue weighted by Gasteiger charge is 2.29. The number of nitriles is 4. The van der Waals surface area contributed by atoms with Crippen LogP contribution in [0, 0.1) is 92.8 Å².